The summed E-state index contributed by atoms with van der Waals surface area (Å²) >= 11 is 7.60. The minimum Gasteiger partial charge on any atom is -0.306 e. The van der Waals surface area contributed by atoms with Crippen molar-refractivity contribution in [3.63, 3.8) is 0 Å². The average molecular weight is 432 g/mol. The van der Waals surface area contributed by atoms with Crippen molar-refractivity contribution in [1.82, 2.24) is 9.38 Å². The lowest BCUT2D eigenvalue weighted by atomic mass is 10.1. The number of amides is 1. The third-order valence-corrected chi connectivity index (χ3v) is 6.35. The number of nitrogens with zero attached hydrogens (tertiary/aromatic N) is 2. The first kappa shape index (κ1) is 18.7. The Morgan fingerprint density at radius 1 is 1.18 bits per heavy atom. The van der Waals surface area contributed by atoms with Crippen LogP contribution in [0.4, 0.5) is 5.82 Å². The molecule has 6 nitrogen and oxygen atoms in total. The minimum absolute atomic E-state index is 0.0271. The summed E-state index contributed by atoms with van der Waals surface area (Å²) < 4.78 is 25.4. The van der Waals surface area contributed by atoms with E-state index in [4.69, 9.17) is 11.6 Å². The summed E-state index contributed by atoms with van der Waals surface area (Å²) in [4.78, 5) is 18.3. The Kier molecular flexibility index (Phi) is 4.70. The fourth-order valence-corrected chi connectivity index (χ4v) is 4.35. The van der Waals surface area contributed by atoms with E-state index >= 15 is 0 Å². The lowest BCUT2D eigenvalue weighted by Gasteiger charge is -2.09. The molecule has 0 unspecified atom stereocenters. The Hall–Kier alpha value is -2.68. The van der Waals surface area contributed by atoms with Crippen molar-refractivity contribution in [3.8, 4) is 11.3 Å². The van der Waals surface area contributed by atoms with E-state index in [-0.39, 0.29) is 15.5 Å². The van der Waals surface area contributed by atoms with E-state index in [1.807, 2.05) is 41.9 Å². The quantitative estimate of drug-likeness (QED) is 0.520. The number of aromatic nitrogens is 2. The SMILES string of the molecule is CS(=O)(=O)c1ccc(Cl)c(C(=O)Nc2c(-c3ccccc3)nc3sccn23)c1. The van der Waals surface area contributed by atoms with Crippen LogP contribution in [0.3, 0.4) is 0 Å². The molecule has 28 heavy (non-hydrogen) atoms. The van der Waals surface area contributed by atoms with Gasteiger partial charge in [-0.05, 0) is 18.2 Å². The molecule has 0 saturated carbocycles. The van der Waals surface area contributed by atoms with Crippen molar-refractivity contribution in [2.45, 2.75) is 4.90 Å². The second kappa shape index (κ2) is 7.05. The van der Waals surface area contributed by atoms with E-state index in [9.17, 15) is 13.2 Å². The van der Waals surface area contributed by atoms with E-state index in [1.54, 1.807) is 4.40 Å². The predicted molar refractivity (Wildman–Crippen MR) is 111 cm³/mol. The number of fused-ring (bicyclic) bond motifs is 1. The molecule has 4 aromatic rings. The molecule has 1 N–H and O–H groups in total. The third-order valence-electron chi connectivity index (χ3n) is 4.15. The van der Waals surface area contributed by atoms with Gasteiger partial charge in [0.25, 0.3) is 5.91 Å². The fourth-order valence-electron chi connectivity index (χ4n) is 2.79. The topological polar surface area (TPSA) is 80.5 Å². The average Bonchev–Trinajstić information content (AvgIpc) is 3.24. The highest BCUT2D eigenvalue weighted by atomic mass is 35.5. The van der Waals surface area contributed by atoms with Gasteiger partial charge in [-0.2, -0.15) is 0 Å². The molecule has 2 heterocycles. The van der Waals surface area contributed by atoms with Crippen molar-refractivity contribution >= 4 is 49.5 Å². The number of nitrogens with one attached hydrogen (secondary N) is 1. The molecular weight excluding hydrogens is 418 g/mol. The first-order valence-corrected chi connectivity index (χ1v) is 11.3. The van der Waals surface area contributed by atoms with Gasteiger partial charge in [0.05, 0.1) is 15.5 Å². The van der Waals surface area contributed by atoms with Gasteiger partial charge < -0.3 is 5.32 Å². The Labute approximate surface area is 170 Å². The van der Waals surface area contributed by atoms with Gasteiger partial charge in [-0.25, -0.2) is 13.4 Å². The van der Waals surface area contributed by atoms with E-state index in [1.165, 1.54) is 29.5 Å². The Balaban J connectivity index is 1.79. The van der Waals surface area contributed by atoms with Crippen LogP contribution in [0.25, 0.3) is 16.2 Å². The molecule has 2 aromatic carbocycles. The van der Waals surface area contributed by atoms with Crippen molar-refractivity contribution in [2.75, 3.05) is 11.6 Å². The van der Waals surface area contributed by atoms with Gasteiger partial charge in [-0.1, -0.05) is 41.9 Å². The zero-order valence-electron chi connectivity index (χ0n) is 14.6. The molecule has 142 valence electrons. The summed E-state index contributed by atoms with van der Waals surface area (Å²) in [7, 11) is -3.47. The van der Waals surface area contributed by atoms with Crippen LogP contribution in [-0.4, -0.2) is 30.0 Å². The van der Waals surface area contributed by atoms with Gasteiger partial charge in [0, 0.05) is 23.4 Å². The van der Waals surface area contributed by atoms with E-state index in [2.05, 4.69) is 10.3 Å². The molecule has 0 fully saturated rings. The minimum atomic E-state index is -3.47. The maximum atomic E-state index is 12.9. The van der Waals surface area contributed by atoms with E-state index in [0.29, 0.717) is 11.5 Å². The second-order valence-electron chi connectivity index (χ2n) is 6.10. The van der Waals surface area contributed by atoms with Crippen LogP contribution in [0, 0.1) is 0 Å². The van der Waals surface area contributed by atoms with Crippen LogP contribution in [0.5, 0.6) is 0 Å². The number of sulfone groups is 1. The van der Waals surface area contributed by atoms with E-state index in [0.717, 1.165) is 16.8 Å². The third kappa shape index (κ3) is 3.42. The summed E-state index contributed by atoms with van der Waals surface area (Å²) in [6.45, 7) is 0. The molecule has 0 aliphatic heterocycles. The summed E-state index contributed by atoms with van der Waals surface area (Å²) in [5, 5.41) is 4.87. The molecule has 0 bridgehead atoms. The maximum Gasteiger partial charge on any atom is 0.258 e. The molecular formula is C19H14ClN3O3S2. The Morgan fingerprint density at radius 3 is 2.64 bits per heavy atom. The molecule has 1 amide bonds. The highest BCUT2D eigenvalue weighted by Gasteiger charge is 2.20. The highest BCUT2D eigenvalue weighted by molar-refractivity contribution is 7.90. The number of rotatable bonds is 4. The smallest absolute Gasteiger partial charge is 0.258 e. The Bertz CT molecular complexity index is 1290. The van der Waals surface area contributed by atoms with Gasteiger partial charge in [0.2, 0.25) is 0 Å². The molecule has 0 saturated heterocycles. The molecule has 4 rings (SSSR count). The number of hydrogen-bond donors (Lipinski definition) is 1. The van der Waals surface area contributed by atoms with Crippen LogP contribution in [-0.2, 0) is 9.84 Å². The first-order valence-electron chi connectivity index (χ1n) is 8.16. The van der Waals surface area contributed by atoms with Crippen molar-refractivity contribution in [3.05, 3.63) is 70.7 Å². The van der Waals surface area contributed by atoms with Gasteiger partial charge in [0.1, 0.15) is 11.5 Å². The fraction of sp³-hybridized carbons (Fsp3) is 0.0526. The van der Waals surface area contributed by atoms with Crippen LogP contribution < -0.4 is 5.32 Å². The predicted octanol–water partition coefficient (Wildman–Crippen LogP) is 4.37. The molecule has 9 heteroatoms. The van der Waals surface area contributed by atoms with Crippen LogP contribution in [0.15, 0.2) is 65.0 Å². The van der Waals surface area contributed by atoms with Crippen molar-refractivity contribution in [1.29, 1.82) is 0 Å². The molecule has 0 aliphatic rings. The van der Waals surface area contributed by atoms with Crippen LogP contribution >= 0.6 is 22.9 Å². The Morgan fingerprint density at radius 2 is 1.93 bits per heavy atom. The lowest BCUT2D eigenvalue weighted by molar-refractivity contribution is 0.102. The summed E-state index contributed by atoms with van der Waals surface area (Å²) in [6.07, 6.45) is 2.89. The van der Waals surface area contributed by atoms with Gasteiger partial charge >= 0.3 is 0 Å². The summed E-state index contributed by atoms with van der Waals surface area (Å²) in [5.41, 5.74) is 1.55. The second-order valence-corrected chi connectivity index (χ2v) is 9.39. The van der Waals surface area contributed by atoms with Crippen LogP contribution in [0.2, 0.25) is 5.02 Å². The standard InChI is InChI=1S/C19H14ClN3O3S2/c1-28(25,26)13-7-8-15(20)14(11-13)18(24)22-17-16(12-5-3-2-4-6-12)21-19-23(17)9-10-27-19/h2-11H,1H3,(H,22,24). The van der Waals surface area contributed by atoms with Crippen molar-refractivity contribution < 1.29 is 13.2 Å². The largest absolute Gasteiger partial charge is 0.306 e. The number of thiazole rings is 1. The number of halogens is 1. The van der Waals surface area contributed by atoms with Gasteiger partial charge in [0.15, 0.2) is 14.8 Å². The normalized spacial score (nSPS) is 11.6. The van der Waals surface area contributed by atoms with Crippen molar-refractivity contribution in [2.24, 2.45) is 0 Å². The molecule has 2 aromatic heterocycles. The van der Waals surface area contributed by atoms with Gasteiger partial charge in [-0.3, -0.25) is 9.20 Å². The molecule has 0 atom stereocenters. The number of hydrogen-bond acceptors (Lipinski definition) is 5. The highest BCUT2D eigenvalue weighted by Crippen LogP contribution is 2.31. The number of carbonyl (C=O) groups excluding carboxylic acids is 1. The number of imidazole rings is 1. The number of carbonyl (C=O) groups is 1. The zero-order chi connectivity index (χ0) is 19.9. The maximum absolute atomic E-state index is 12.9. The van der Waals surface area contributed by atoms with Crippen LogP contribution in [0.1, 0.15) is 10.4 Å². The molecule has 0 spiro atoms. The monoisotopic (exact) mass is 431 g/mol. The van der Waals surface area contributed by atoms with Gasteiger partial charge in [-0.15, -0.1) is 11.3 Å². The summed E-state index contributed by atoms with van der Waals surface area (Å²) in [5.74, 6) is -0.0195. The molecule has 0 aliphatic carbocycles. The first-order chi connectivity index (χ1) is 13.3. The summed E-state index contributed by atoms with van der Waals surface area (Å²) in [6, 6.07) is 13.5. The zero-order valence-corrected chi connectivity index (χ0v) is 17.0. The van der Waals surface area contributed by atoms with E-state index < -0.39 is 15.7 Å². The molecule has 0 radical (unpaired) electrons. The number of benzene rings is 2. The number of anilines is 1. The lowest BCUT2D eigenvalue weighted by Crippen LogP contribution is -2.15.